The van der Waals surface area contributed by atoms with E-state index in [9.17, 15) is 4.39 Å². The van der Waals surface area contributed by atoms with Crippen molar-refractivity contribution in [1.82, 2.24) is 4.98 Å². The van der Waals surface area contributed by atoms with Crippen molar-refractivity contribution in [2.75, 3.05) is 0 Å². The van der Waals surface area contributed by atoms with Gasteiger partial charge in [-0.1, -0.05) is 29.8 Å². The molecule has 1 nitrogen and oxygen atoms in total. The standard InChI is InChI=1S/C14H10Cl2FN/c1-8(2)10-4-6-13(18-14(10)16)11-7-9(15)3-5-12(11)17/h3-7H,1H2,2H3. The van der Waals surface area contributed by atoms with Crippen molar-refractivity contribution >= 4 is 28.8 Å². The summed E-state index contributed by atoms with van der Waals surface area (Å²) in [6.07, 6.45) is 0. The van der Waals surface area contributed by atoms with Gasteiger partial charge in [0.2, 0.25) is 0 Å². The first kappa shape index (κ1) is 13.1. The lowest BCUT2D eigenvalue weighted by Crippen LogP contribution is -1.91. The molecule has 4 heteroatoms. The quantitative estimate of drug-likeness (QED) is 0.687. The fourth-order valence-electron chi connectivity index (χ4n) is 1.60. The number of benzene rings is 1. The van der Waals surface area contributed by atoms with Crippen molar-refractivity contribution in [3.05, 3.63) is 58.5 Å². The molecular weight excluding hydrogens is 272 g/mol. The fraction of sp³-hybridized carbons (Fsp3) is 0.0714. The minimum Gasteiger partial charge on any atom is -0.235 e. The van der Waals surface area contributed by atoms with E-state index in [0.29, 0.717) is 21.4 Å². The molecule has 1 aromatic heterocycles. The molecule has 0 atom stereocenters. The Morgan fingerprint density at radius 3 is 2.56 bits per heavy atom. The van der Waals surface area contributed by atoms with Gasteiger partial charge in [-0.05, 0) is 42.8 Å². The second-order valence-corrected chi connectivity index (χ2v) is 4.73. The monoisotopic (exact) mass is 281 g/mol. The summed E-state index contributed by atoms with van der Waals surface area (Å²) in [6.45, 7) is 5.64. The molecule has 0 amide bonds. The molecule has 0 fully saturated rings. The number of pyridine rings is 1. The molecule has 1 aromatic carbocycles. The largest absolute Gasteiger partial charge is 0.235 e. The first-order chi connectivity index (χ1) is 8.49. The average molecular weight is 282 g/mol. The minimum atomic E-state index is -0.383. The molecule has 0 N–H and O–H groups in total. The Balaban J connectivity index is 2.55. The maximum atomic E-state index is 13.7. The van der Waals surface area contributed by atoms with Gasteiger partial charge in [0.05, 0.1) is 5.69 Å². The molecule has 0 spiro atoms. The average Bonchev–Trinajstić information content (AvgIpc) is 2.31. The van der Waals surface area contributed by atoms with Crippen LogP contribution in [0.2, 0.25) is 10.2 Å². The summed E-state index contributed by atoms with van der Waals surface area (Å²) in [5.74, 6) is -0.383. The van der Waals surface area contributed by atoms with Crippen LogP contribution in [0.5, 0.6) is 0 Å². The van der Waals surface area contributed by atoms with Crippen LogP contribution in [0, 0.1) is 5.82 Å². The zero-order valence-corrected chi connectivity index (χ0v) is 11.2. The molecule has 1 heterocycles. The summed E-state index contributed by atoms with van der Waals surface area (Å²) in [5.41, 5.74) is 2.34. The van der Waals surface area contributed by atoms with E-state index in [-0.39, 0.29) is 5.82 Å². The van der Waals surface area contributed by atoms with Gasteiger partial charge in [-0.15, -0.1) is 0 Å². The van der Waals surface area contributed by atoms with E-state index in [1.165, 1.54) is 18.2 Å². The van der Waals surface area contributed by atoms with Crippen LogP contribution in [0.15, 0.2) is 36.9 Å². The van der Waals surface area contributed by atoms with Crippen LogP contribution in [0.1, 0.15) is 12.5 Å². The molecule has 0 aliphatic carbocycles. The van der Waals surface area contributed by atoms with Crippen LogP contribution in [-0.2, 0) is 0 Å². The number of allylic oxidation sites excluding steroid dienone is 1. The second-order valence-electron chi connectivity index (χ2n) is 3.94. The van der Waals surface area contributed by atoms with Gasteiger partial charge in [-0.3, -0.25) is 0 Å². The van der Waals surface area contributed by atoms with Gasteiger partial charge in [0, 0.05) is 16.1 Å². The van der Waals surface area contributed by atoms with E-state index in [1.54, 1.807) is 12.1 Å². The summed E-state index contributed by atoms with van der Waals surface area (Å²) in [6, 6.07) is 7.79. The van der Waals surface area contributed by atoms with E-state index in [2.05, 4.69) is 11.6 Å². The zero-order valence-electron chi connectivity index (χ0n) is 9.67. The van der Waals surface area contributed by atoms with E-state index in [4.69, 9.17) is 23.2 Å². The fourth-order valence-corrected chi connectivity index (χ4v) is 2.08. The van der Waals surface area contributed by atoms with Crippen LogP contribution in [0.4, 0.5) is 4.39 Å². The molecular formula is C14H10Cl2FN. The van der Waals surface area contributed by atoms with Crippen LogP contribution < -0.4 is 0 Å². The Hall–Kier alpha value is -1.38. The Morgan fingerprint density at radius 1 is 1.22 bits per heavy atom. The molecule has 2 aromatic rings. The van der Waals surface area contributed by atoms with Crippen molar-refractivity contribution < 1.29 is 4.39 Å². The third-order valence-corrected chi connectivity index (χ3v) is 3.04. The first-order valence-corrected chi connectivity index (χ1v) is 6.02. The molecule has 18 heavy (non-hydrogen) atoms. The third kappa shape index (κ3) is 2.55. The molecule has 0 bridgehead atoms. The van der Waals surface area contributed by atoms with Crippen molar-refractivity contribution in [2.24, 2.45) is 0 Å². The molecule has 0 unspecified atom stereocenters. The Labute approximate surface area is 115 Å². The van der Waals surface area contributed by atoms with E-state index in [0.717, 1.165) is 11.1 Å². The van der Waals surface area contributed by atoms with Crippen LogP contribution in [-0.4, -0.2) is 4.98 Å². The highest BCUT2D eigenvalue weighted by atomic mass is 35.5. The highest BCUT2D eigenvalue weighted by Gasteiger charge is 2.10. The van der Waals surface area contributed by atoms with Gasteiger partial charge in [0.25, 0.3) is 0 Å². The highest BCUT2D eigenvalue weighted by molar-refractivity contribution is 6.31. The predicted octanol–water partition coefficient (Wildman–Crippen LogP) is 5.23. The van der Waals surface area contributed by atoms with Crippen LogP contribution in [0.3, 0.4) is 0 Å². The third-order valence-electron chi connectivity index (χ3n) is 2.51. The number of aromatic nitrogens is 1. The molecule has 0 saturated heterocycles. The molecule has 0 aliphatic heterocycles. The van der Waals surface area contributed by atoms with Gasteiger partial charge >= 0.3 is 0 Å². The molecule has 92 valence electrons. The summed E-state index contributed by atoms with van der Waals surface area (Å²) in [4.78, 5) is 4.17. The lowest BCUT2D eigenvalue weighted by molar-refractivity contribution is 0.631. The van der Waals surface area contributed by atoms with E-state index < -0.39 is 0 Å². The normalized spacial score (nSPS) is 10.4. The van der Waals surface area contributed by atoms with Gasteiger partial charge < -0.3 is 0 Å². The number of rotatable bonds is 2. The van der Waals surface area contributed by atoms with Crippen molar-refractivity contribution in [2.45, 2.75) is 6.92 Å². The highest BCUT2D eigenvalue weighted by Crippen LogP contribution is 2.28. The van der Waals surface area contributed by atoms with Gasteiger partial charge in [-0.25, -0.2) is 9.37 Å². The van der Waals surface area contributed by atoms with E-state index >= 15 is 0 Å². The zero-order chi connectivity index (χ0) is 13.3. The number of hydrogen-bond acceptors (Lipinski definition) is 1. The Kier molecular flexibility index (Phi) is 3.69. The SMILES string of the molecule is C=C(C)c1ccc(-c2cc(Cl)ccc2F)nc1Cl. The first-order valence-electron chi connectivity index (χ1n) is 5.27. The van der Waals surface area contributed by atoms with Crippen LogP contribution in [0.25, 0.3) is 16.8 Å². The maximum Gasteiger partial charge on any atom is 0.137 e. The summed E-state index contributed by atoms with van der Waals surface area (Å²) < 4.78 is 13.7. The molecule has 0 aliphatic rings. The second kappa shape index (κ2) is 5.09. The predicted molar refractivity (Wildman–Crippen MR) is 74.4 cm³/mol. The summed E-state index contributed by atoms with van der Waals surface area (Å²) in [5, 5.41) is 0.757. The lowest BCUT2D eigenvalue weighted by atomic mass is 10.1. The van der Waals surface area contributed by atoms with Crippen molar-refractivity contribution in [1.29, 1.82) is 0 Å². The van der Waals surface area contributed by atoms with Gasteiger partial charge in [-0.2, -0.15) is 0 Å². The number of halogens is 3. The van der Waals surface area contributed by atoms with Gasteiger partial charge in [0.15, 0.2) is 0 Å². The number of hydrogen-bond donors (Lipinski definition) is 0. The van der Waals surface area contributed by atoms with Crippen molar-refractivity contribution in [3.63, 3.8) is 0 Å². The Morgan fingerprint density at radius 2 is 1.94 bits per heavy atom. The topological polar surface area (TPSA) is 12.9 Å². The minimum absolute atomic E-state index is 0.305. The maximum absolute atomic E-state index is 13.7. The van der Waals surface area contributed by atoms with Gasteiger partial charge in [0.1, 0.15) is 11.0 Å². The Bertz CT molecular complexity index is 623. The summed E-state index contributed by atoms with van der Waals surface area (Å²) >= 11 is 11.9. The molecule has 0 radical (unpaired) electrons. The van der Waals surface area contributed by atoms with Crippen LogP contribution >= 0.6 is 23.2 Å². The summed E-state index contributed by atoms with van der Waals surface area (Å²) in [7, 11) is 0. The smallest absolute Gasteiger partial charge is 0.137 e. The van der Waals surface area contributed by atoms with Crippen molar-refractivity contribution in [3.8, 4) is 11.3 Å². The lowest BCUT2D eigenvalue weighted by Gasteiger charge is -2.07. The molecule has 2 rings (SSSR count). The molecule has 0 saturated carbocycles. The number of nitrogens with zero attached hydrogens (tertiary/aromatic N) is 1. The van der Waals surface area contributed by atoms with E-state index in [1.807, 2.05) is 6.92 Å².